The number of hydrogen-bond donors (Lipinski definition) is 1. The molecule has 2 aromatic heterocycles. The van der Waals surface area contributed by atoms with Gasteiger partial charge in [0.2, 0.25) is 11.8 Å². The van der Waals surface area contributed by atoms with Crippen LogP contribution in [0.5, 0.6) is 5.88 Å². The molecule has 8 nitrogen and oxygen atoms in total. The zero-order chi connectivity index (χ0) is 17.6. The standard InChI is InChI=1S/C17H22N6O2/c1-12(2)11-25-15-10-18-9-14(21-15)22-16(24)13-5-6-19-17(20-13)23-7-3-4-8-23/h5-6,9-10,12H,3-4,7-8,11H2,1-2H3,(H,21,22,24). The number of carbonyl (C=O) groups is 1. The number of nitrogens with zero attached hydrogens (tertiary/aromatic N) is 5. The molecule has 0 atom stereocenters. The highest BCUT2D eigenvalue weighted by atomic mass is 16.5. The molecule has 0 saturated carbocycles. The van der Waals surface area contributed by atoms with Crippen LogP contribution >= 0.6 is 0 Å². The van der Waals surface area contributed by atoms with Gasteiger partial charge in [-0.05, 0) is 24.8 Å². The summed E-state index contributed by atoms with van der Waals surface area (Å²) in [4.78, 5) is 31.4. The van der Waals surface area contributed by atoms with E-state index < -0.39 is 0 Å². The van der Waals surface area contributed by atoms with E-state index in [-0.39, 0.29) is 5.91 Å². The third-order valence-electron chi connectivity index (χ3n) is 3.68. The van der Waals surface area contributed by atoms with Crippen molar-refractivity contribution in [2.24, 2.45) is 5.92 Å². The van der Waals surface area contributed by atoms with Crippen LogP contribution in [0.4, 0.5) is 11.8 Å². The number of ether oxygens (including phenoxy) is 1. The molecule has 0 unspecified atom stereocenters. The predicted octanol–water partition coefficient (Wildman–Crippen LogP) is 2.15. The van der Waals surface area contributed by atoms with E-state index in [9.17, 15) is 4.79 Å². The van der Waals surface area contributed by atoms with Gasteiger partial charge in [0.1, 0.15) is 5.69 Å². The normalized spacial score (nSPS) is 14.0. The number of hydrogen-bond acceptors (Lipinski definition) is 7. The van der Waals surface area contributed by atoms with Crippen LogP contribution in [0.3, 0.4) is 0 Å². The van der Waals surface area contributed by atoms with Crippen molar-refractivity contribution in [3.05, 3.63) is 30.4 Å². The van der Waals surface area contributed by atoms with Gasteiger partial charge in [0.25, 0.3) is 5.91 Å². The van der Waals surface area contributed by atoms with Crippen molar-refractivity contribution in [3.63, 3.8) is 0 Å². The summed E-state index contributed by atoms with van der Waals surface area (Å²) in [5, 5.41) is 2.70. The highest BCUT2D eigenvalue weighted by Crippen LogP contribution is 2.16. The number of rotatable bonds is 6. The van der Waals surface area contributed by atoms with Crippen molar-refractivity contribution in [2.75, 3.05) is 29.9 Å². The van der Waals surface area contributed by atoms with E-state index in [1.807, 2.05) is 13.8 Å². The fourth-order valence-electron chi connectivity index (χ4n) is 2.45. The van der Waals surface area contributed by atoms with Gasteiger partial charge in [-0.1, -0.05) is 13.8 Å². The van der Waals surface area contributed by atoms with Crippen molar-refractivity contribution in [3.8, 4) is 5.88 Å². The minimum atomic E-state index is -0.349. The zero-order valence-corrected chi connectivity index (χ0v) is 14.5. The first-order valence-electron chi connectivity index (χ1n) is 8.46. The SMILES string of the molecule is CC(C)COc1cncc(NC(=O)c2ccnc(N3CCCC3)n2)n1. The molecular weight excluding hydrogens is 320 g/mol. The summed E-state index contributed by atoms with van der Waals surface area (Å²) in [5.74, 6) is 1.33. The molecule has 1 amide bonds. The molecule has 2 aromatic rings. The van der Waals surface area contributed by atoms with E-state index in [1.165, 1.54) is 12.4 Å². The molecule has 0 aromatic carbocycles. The van der Waals surface area contributed by atoms with Crippen LogP contribution in [0, 0.1) is 5.92 Å². The topological polar surface area (TPSA) is 93.1 Å². The predicted molar refractivity (Wildman–Crippen MR) is 93.8 cm³/mol. The third-order valence-corrected chi connectivity index (χ3v) is 3.68. The molecule has 3 heterocycles. The highest BCUT2D eigenvalue weighted by Gasteiger charge is 2.17. The molecule has 1 saturated heterocycles. The van der Waals surface area contributed by atoms with Crippen LogP contribution in [0.15, 0.2) is 24.7 Å². The van der Waals surface area contributed by atoms with Crippen LogP contribution in [0.1, 0.15) is 37.2 Å². The Morgan fingerprint density at radius 1 is 1.28 bits per heavy atom. The Morgan fingerprint density at radius 2 is 2.08 bits per heavy atom. The Hall–Kier alpha value is -2.77. The largest absolute Gasteiger partial charge is 0.476 e. The van der Waals surface area contributed by atoms with Gasteiger partial charge >= 0.3 is 0 Å². The smallest absolute Gasteiger partial charge is 0.275 e. The quantitative estimate of drug-likeness (QED) is 0.859. The van der Waals surface area contributed by atoms with Gasteiger partial charge in [-0.2, -0.15) is 4.98 Å². The summed E-state index contributed by atoms with van der Waals surface area (Å²) in [6.45, 7) is 6.48. The minimum absolute atomic E-state index is 0.298. The maximum atomic E-state index is 12.4. The average Bonchev–Trinajstić information content (AvgIpc) is 3.15. The highest BCUT2D eigenvalue weighted by molar-refractivity contribution is 6.02. The van der Waals surface area contributed by atoms with E-state index in [0.717, 1.165) is 25.9 Å². The molecule has 1 aliphatic rings. The van der Waals surface area contributed by atoms with Crippen LogP contribution in [0.25, 0.3) is 0 Å². The van der Waals surface area contributed by atoms with Crippen LogP contribution < -0.4 is 15.0 Å². The molecule has 0 spiro atoms. The number of carbonyl (C=O) groups excluding carboxylic acids is 1. The van der Waals surface area contributed by atoms with Gasteiger partial charge in [-0.3, -0.25) is 9.78 Å². The lowest BCUT2D eigenvalue weighted by Gasteiger charge is -2.15. The number of aromatic nitrogens is 4. The molecule has 25 heavy (non-hydrogen) atoms. The van der Waals surface area contributed by atoms with Gasteiger partial charge in [-0.15, -0.1) is 0 Å². The fraction of sp³-hybridized carbons (Fsp3) is 0.471. The summed E-state index contributed by atoms with van der Waals surface area (Å²) in [6, 6.07) is 1.58. The maximum Gasteiger partial charge on any atom is 0.275 e. The van der Waals surface area contributed by atoms with Crippen molar-refractivity contribution >= 4 is 17.7 Å². The Bertz CT molecular complexity index is 731. The van der Waals surface area contributed by atoms with Gasteiger partial charge < -0.3 is 15.0 Å². The van der Waals surface area contributed by atoms with Crippen molar-refractivity contribution in [2.45, 2.75) is 26.7 Å². The zero-order valence-electron chi connectivity index (χ0n) is 14.5. The van der Waals surface area contributed by atoms with E-state index in [1.54, 1.807) is 12.3 Å². The summed E-state index contributed by atoms with van der Waals surface area (Å²) in [5.41, 5.74) is 0.298. The molecular formula is C17H22N6O2. The second-order valence-corrected chi connectivity index (χ2v) is 6.34. The third kappa shape index (κ3) is 4.62. The van der Waals surface area contributed by atoms with Crippen molar-refractivity contribution in [1.29, 1.82) is 0 Å². The lowest BCUT2D eigenvalue weighted by atomic mass is 10.2. The van der Waals surface area contributed by atoms with Crippen LogP contribution in [0.2, 0.25) is 0 Å². The Kier molecular flexibility index (Phi) is 5.37. The van der Waals surface area contributed by atoms with Gasteiger partial charge in [0.05, 0.1) is 19.0 Å². The Balaban J connectivity index is 1.67. The molecule has 3 rings (SSSR count). The first kappa shape index (κ1) is 17.1. The van der Waals surface area contributed by atoms with E-state index in [0.29, 0.717) is 35.9 Å². The first-order chi connectivity index (χ1) is 12.1. The van der Waals surface area contributed by atoms with Gasteiger partial charge in [-0.25, -0.2) is 9.97 Å². The van der Waals surface area contributed by atoms with Crippen LogP contribution in [-0.2, 0) is 0 Å². The molecule has 1 fully saturated rings. The lowest BCUT2D eigenvalue weighted by Crippen LogP contribution is -2.22. The number of amides is 1. The molecule has 1 aliphatic heterocycles. The fourth-order valence-corrected chi connectivity index (χ4v) is 2.45. The molecule has 0 radical (unpaired) electrons. The molecule has 8 heteroatoms. The summed E-state index contributed by atoms with van der Waals surface area (Å²) in [7, 11) is 0. The summed E-state index contributed by atoms with van der Waals surface area (Å²) < 4.78 is 5.52. The maximum absolute atomic E-state index is 12.4. The Labute approximate surface area is 146 Å². The molecule has 132 valence electrons. The van der Waals surface area contributed by atoms with Crippen molar-refractivity contribution < 1.29 is 9.53 Å². The lowest BCUT2D eigenvalue weighted by molar-refractivity contribution is 0.102. The van der Waals surface area contributed by atoms with E-state index in [4.69, 9.17) is 4.74 Å². The van der Waals surface area contributed by atoms with E-state index >= 15 is 0 Å². The number of anilines is 2. The van der Waals surface area contributed by atoms with Gasteiger partial charge in [0.15, 0.2) is 5.82 Å². The van der Waals surface area contributed by atoms with Gasteiger partial charge in [0, 0.05) is 19.3 Å². The minimum Gasteiger partial charge on any atom is -0.476 e. The Morgan fingerprint density at radius 3 is 2.84 bits per heavy atom. The molecule has 0 aliphatic carbocycles. The molecule has 1 N–H and O–H groups in total. The second-order valence-electron chi connectivity index (χ2n) is 6.34. The summed E-state index contributed by atoms with van der Waals surface area (Å²) in [6.07, 6.45) is 6.84. The number of nitrogens with one attached hydrogen (secondary N) is 1. The second kappa shape index (κ2) is 7.87. The average molecular weight is 342 g/mol. The van der Waals surface area contributed by atoms with E-state index in [2.05, 4.69) is 30.2 Å². The molecule has 0 bridgehead atoms. The summed E-state index contributed by atoms with van der Waals surface area (Å²) >= 11 is 0. The van der Waals surface area contributed by atoms with Crippen LogP contribution in [-0.4, -0.2) is 45.5 Å². The monoisotopic (exact) mass is 342 g/mol. The van der Waals surface area contributed by atoms with Crippen molar-refractivity contribution in [1.82, 2.24) is 19.9 Å². The first-order valence-corrected chi connectivity index (χ1v) is 8.46.